The number of alkyl halides is 2. The van der Waals surface area contributed by atoms with Crippen LogP contribution in [0.5, 0.6) is 0 Å². The van der Waals surface area contributed by atoms with Crippen molar-refractivity contribution in [2.24, 2.45) is 0 Å². The first-order valence-electron chi connectivity index (χ1n) is 4.82. The average molecular weight is 214 g/mol. The van der Waals surface area contributed by atoms with Crippen LogP contribution in [0.4, 0.5) is 8.78 Å². The fraction of sp³-hybridized carbons (Fsp3) is 0.455. The van der Waals surface area contributed by atoms with Gasteiger partial charge in [0, 0.05) is 5.56 Å². The molecule has 0 amide bonds. The summed E-state index contributed by atoms with van der Waals surface area (Å²) >= 11 is 0. The van der Waals surface area contributed by atoms with E-state index in [0.29, 0.717) is 19.6 Å². The zero-order chi connectivity index (χ0) is 10.9. The lowest BCUT2D eigenvalue weighted by molar-refractivity contribution is -0.0557. The standard InChI is InChI=1S/C11H12F2O2/c12-11(13,7-14)10-2-1-9-6-15-4-3-8(9)5-10/h1-2,5,14H,3-4,6-7H2. The van der Waals surface area contributed by atoms with Crippen LogP contribution in [0.3, 0.4) is 0 Å². The molecule has 0 saturated heterocycles. The van der Waals surface area contributed by atoms with Gasteiger partial charge in [-0.05, 0) is 23.6 Å². The van der Waals surface area contributed by atoms with E-state index in [4.69, 9.17) is 9.84 Å². The molecule has 1 aliphatic rings. The van der Waals surface area contributed by atoms with Crippen LogP contribution in [-0.2, 0) is 23.7 Å². The van der Waals surface area contributed by atoms with E-state index in [-0.39, 0.29) is 5.56 Å². The van der Waals surface area contributed by atoms with Crippen LogP contribution in [0.2, 0.25) is 0 Å². The molecular formula is C11H12F2O2. The molecule has 0 bridgehead atoms. The summed E-state index contributed by atoms with van der Waals surface area (Å²) in [6.45, 7) is -0.0935. The summed E-state index contributed by atoms with van der Waals surface area (Å²) in [5, 5.41) is 8.58. The van der Waals surface area contributed by atoms with Crippen molar-refractivity contribution in [3.63, 3.8) is 0 Å². The van der Waals surface area contributed by atoms with Gasteiger partial charge < -0.3 is 9.84 Å². The predicted octanol–water partition coefficient (Wildman–Crippen LogP) is 1.84. The van der Waals surface area contributed by atoms with Gasteiger partial charge in [-0.2, -0.15) is 8.78 Å². The molecule has 1 aromatic carbocycles. The van der Waals surface area contributed by atoms with Crippen molar-refractivity contribution in [2.45, 2.75) is 19.0 Å². The lowest BCUT2D eigenvalue weighted by Gasteiger charge is -2.20. The molecule has 1 heterocycles. The third-order valence-corrected chi connectivity index (χ3v) is 2.60. The summed E-state index contributed by atoms with van der Waals surface area (Å²) < 4.78 is 31.6. The van der Waals surface area contributed by atoms with Crippen molar-refractivity contribution >= 4 is 0 Å². The van der Waals surface area contributed by atoms with Gasteiger partial charge in [0.2, 0.25) is 0 Å². The molecule has 0 saturated carbocycles. The molecule has 0 unspecified atom stereocenters. The molecule has 0 aliphatic carbocycles. The summed E-state index contributed by atoms with van der Waals surface area (Å²) in [7, 11) is 0. The molecule has 0 spiro atoms. The second kappa shape index (κ2) is 3.87. The van der Waals surface area contributed by atoms with E-state index in [1.165, 1.54) is 12.1 Å². The number of rotatable bonds is 2. The number of hydrogen-bond acceptors (Lipinski definition) is 2. The van der Waals surface area contributed by atoms with E-state index in [1.807, 2.05) is 0 Å². The Morgan fingerprint density at radius 1 is 1.33 bits per heavy atom. The molecule has 0 atom stereocenters. The minimum atomic E-state index is -3.15. The first-order chi connectivity index (χ1) is 7.13. The largest absolute Gasteiger partial charge is 0.390 e. The highest BCUT2D eigenvalue weighted by Crippen LogP contribution is 2.30. The van der Waals surface area contributed by atoms with Crippen molar-refractivity contribution in [2.75, 3.05) is 13.2 Å². The quantitative estimate of drug-likeness (QED) is 0.814. The first kappa shape index (κ1) is 10.5. The Balaban J connectivity index is 2.36. The van der Waals surface area contributed by atoms with Gasteiger partial charge in [0.05, 0.1) is 13.2 Å². The zero-order valence-corrected chi connectivity index (χ0v) is 8.17. The van der Waals surface area contributed by atoms with Crippen molar-refractivity contribution < 1.29 is 18.6 Å². The summed E-state index contributed by atoms with van der Waals surface area (Å²) in [5.74, 6) is -3.15. The van der Waals surface area contributed by atoms with Gasteiger partial charge in [-0.15, -0.1) is 0 Å². The lowest BCUT2D eigenvalue weighted by atomic mass is 9.98. The summed E-state index contributed by atoms with van der Waals surface area (Å²) in [4.78, 5) is 0. The molecule has 1 aliphatic heterocycles. The molecule has 2 rings (SSSR count). The molecule has 1 aromatic rings. The van der Waals surface area contributed by atoms with Gasteiger partial charge in [-0.25, -0.2) is 0 Å². The monoisotopic (exact) mass is 214 g/mol. The average Bonchev–Trinajstić information content (AvgIpc) is 2.28. The summed E-state index contributed by atoms with van der Waals surface area (Å²) in [5.41, 5.74) is 1.73. The number of fused-ring (bicyclic) bond motifs is 1. The predicted molar refractivity (Wildman–Crippen MR) is 50.8 cm³/mol. The maximum Gasteiger partial charge on any atom is 0.295 e. The third kappa shape index (κ3) is 2.01. The highest BCUT2D eigenvalue weighted by Gasteiger charge is 2.31. The topological polar surface area (TPSA) is 29.5 Å². The molecule has 1 N–H and O–H groups in total. The van der Waals surface area contributed by atoms with Gasteiger partial charge >= 0.3 is 0 Å². The van der Waals surface area contributed by atoms with E-state index in [2.05, 4.69) is 0 Å². The zero-order valence-electron chi connectivity index (χ0n) is 8.17. The number of benzene rings is 1. The van der Waals surface area contributed by atoms with Gasteiger partial charge in [-0.1, -0.05) is 12.1 Å². The van der Waals surface area contributed by atoms with Crippen molar-refractivity contribution in [3.8, 4) is 0 Å². The van der Waals surface area contributed by atoms with Crippen molar-refractivity contribution in [1.29, 1.82) is 0 Å². The smallest absolute Gasteiger partial charge is 0.295 e. The van der Waals surface area contributed by atoms with E-state index in [9.17, 15) is 8.78 Å². The maximum atomic E-state index is 13.2. The molecule has 2 nitrogen and oxygen atoms in total. The summed E-state index contributed by atoms with van der Waals surface area (Å²) in [6, 6.07) is 4.46. The molecule has 4 heteroatoms. The van der Waals surface area contributed by atoms with Gasteiger partial charge in [-0.3, -0.25) is 0 Å². The lowest BCUT2D eigenvalue weighted by Crippen LogP contribution is -2.20. The highest BCUT2D eigenvalue weighted by atomic mass is 19.3. The molecule has 0 aromatic heterocycles. The number of aliphatic hydroxyl groups excluding tert-OH is 1. The van der Waals surface area contributed by atoms with Crippen molar-refractivity contribution in [3.05, 3.63) is 34.9 Å². The highest BCUT2D eigenvalue weighted by molar-refractivity contribution is 5.35. The van der Waals surface area contributed by atoms with Crippen LogP contribution in [0.15, 0.2) is 18.2 Å². The molecule has 0 radical (unpaired) electrons. The Hall–Kier alpha value is -1.00. The van der Waals surface area contributed by atoms with E-state index in [1.54, 1.807) is 6.07 Å². The number of aliphatic hydroxyl groups is 1. The summed E-state index contributed by atoms with van der Waals surface area (Å²) in [6.07, 6.45) is 0.657. The van der Waals surface area contributed by atoms with Crippen LogP contribution >= 0.6 is 0 Å². The van der Waals surface area contributed by atoms with Crippen molar-refractivity contribution in [1.82, 2.24) is 0 Å². The van der Waals surface area contributed by atoms with E-state index in [0.717, 1.165) is 11.1 Å². The van der Waals surface area contributed by atoms with Gasteiger partial charge in [0.1, 0.15) is 6.61 Å². The Morgan fingerprint density at radius 2 is 2.13 bits per heavy atom. The number of ether oxygens (including phenoxy) is 1. The molecule has 0 fully saturated rings. The number of hydrogen-bond donors (Lipinski definition) is 1. The Kier molecular flexibility index (Phi) is 2.71. The number of halogens is 2. The SMILES string of the molecule is OCC(F)(F)c1ccc2c(c1)CCOC2. The van der Waals surface area contributed by atoms with Crippen LogP contribution < -0.4 is 0 Å². The van der Waals surface area contributed by atoms with Gasteiger partial charge in [0.25, 0.3) is 5.92 Å². The van der Waals surface area contributed by atoms with E-state index >= 15 is 0 Å². The molecule has 15 heavy (non-hydrogen) atoms. The normalized spacial score (nSPS) is 16.2. The van der Waals surface area contributed by atoms with Gasteiger partial charge in [0.15, 0.2) is 0 Å². The fourth-order valence-electron chi connectivity index (χ4n) is 1.68. The Labute approximate surface area is 86.5 Å². The maximum absolute atomic E-state index is 13.2. The Morgan fingerprint density at radius 3 is 2.87 bits per heavy atom. The molecular weight excluding hydrogens is 202 g/mol. The first-order valence-corrected chi connectivity index (χ1v) is 4.82. The van der Waals surface area contributed by atoms with E-state index < -0.39 is 12.5 Å². The second-order valence-electron chi connectivity index (χ2n) is 3.65. The minimum Gasteiger partial charge on any atom is -0.390 e. The van der Waals surface area contributed by atoms with Crippen LogP contribution in [0, 0.1) is 0 Å². The minimum absolute atomic E-state index is 0.120. The third-order valence-electron chi connectivity index (χ3n) is 2.60. The Bertz CT molecular complexity index is 364. The second-order valence-corrected chi connectivity index (χ2v) is 3.65. The molecule has 82 valence electrons. The fourth-order valence-corrected chi connectivity index (χ4v) is 1.68. The van der Waals surface area contributed by atoms with Crippen LogP contribution in [-0.4, -0.2) is 18.3 Å². The van der Waals surface area contributed by atoms with Crippen LogP contribution in [0.25, 0.3) is 0 Å². The van der Waals surface area contributed by atoms with Crippen LogP contribution in [0.1, 0.15) is 16.7 Å².